The Bertz CT molecular complexity index is 1130. The normalized spacial score (nSPS) is 23.0. The predicted molar refractivity (Wildman–Crippen MR) is 123 cm³/mol. The van der Waals surface area contributed by atoms with Crippen LogP contribution in [-0.2, 0) is 21.4 Å². The van der Waals surface area contributed by atoms with Crippen molar-refractivity contribution in [2.45, 2.75) is 36.7 Å². The van der Waals surface area contributed by atoms with E-state index in [9.17, 15) is 13.2 Å². The predicted octanol–water partition coefficient (Wildman–Crippen LogP) is 2.33. The summed E-state index contributed by atoms with van der Waals surface area (Å²) in [6.07, 6.45) is 2.51. The molecule has 2 aromatic rings. The minimum atomic E-state index is -3.69. The Morgan fingerprint density at radius 2 is 1.69 bits per heavy atom. The molecule has 7 nitrogen and oxygen atoms in total. The van der Waals surface area contributed by atoms with Crippen molar-refractivity contribution in [3.05, 3.63) is 65.7 Å². The van der Waals surface area contributed by atoms with Crippen LogP contribution in [-0.4, -0.2) is 73.6 Å². The molecular weight excluding hydrogens is 424 g/mol. The van der Waals surface area contributed by atoms with E-state index in [1.165, 1.54) is 5.56 Å². The number of rotatable bonds is 3. The zero-order valence-electron chi connectivity index (χ0n) is 18.1. The smallest absolute Gasteiger partial charge is 0.285 e. The molecule has 0 saturated carbocycles. The fraction of sp³-hybridized carbons (Fsp3) is 0.417. The lowest BCUT2D eigenvalue weighted by atomic mass is 10.1. The molecule has 0 N–H and O–H groups in total. The molecule has 32 heavy (non-hydrogen) atoms. The topological polar surface area (TPSA) is 73.3 Å². The first-order valence-electron chi connectivity index (χ1n) is 11.3. The number of amidine groups is 1. The summed E-state index contributed by atoms with van der Waals surface area (Å²) in [4.78, 5) is 20.0. The van der Waals surface area contributed by atoms with E-state index in [1.807, 2.05) is 21.9 Å². The molecule has 168 valence electrons. The fourth-order valence-electron chi connectivity index (χ4n) is 4.97. The van der Waals surface area contributed by atoms with Gasteiger partial charge < -0.3 is 9.80 Å². The Kier molecular flexibility index (Phi) is 5.73. The summed E-state index contributed by atoms with van der Waals surface area (Å²) in [5.41, 5.74) is 1.89. The van der Waals surface area contributed by atoms with Gasteiger partial charge in [0.15, 0.2) is 5.84 Å². The summed E-state index contributed by atoms with van der Waals surface area (Å²) >= 11 is 0. The first-order chi connectivity index (χ1) is 15.5. The molecule has 3 aliphatic heterocycles. The molecule has 0 spiro atoms. The number of likely N-dealkylation sites (tertiary alicyclic amines) is 1. The number of fused-ring (bicyclic) bond motifs is 1. The van der Waals surface area contributed by atoms with Gasteiger partial charge in [-0.3, -0.25) is 9.69 Å². The van der Waals surface area contributed by atoms with Crippen LogP contribution in [0.2, 0.25) is 0 Å². The van der Waals surface area contributed by atoms with Crippen LogP contribution in [0.25, 0.3) is 0 Å². The Morgan fingerprint density at radius 1 is 0.906 bits per heavy atom. The number of carbonyl (C=O) groups excluding carboxylic acids is 1. The van der Waals surface area contributed by atoms with Crippen LogP contribution in [0.15, 0.2) is 63.9 Å². The second kappa shape index (κ2) is 8.67. The average Bonchev–Trinajstić information content (AvgIpc) is 3.30. The summed E-state index contributed by atoms with van der Waals surface area (Å²) < 4.78 is 29.1. The third-order valence-electron chi connectivity index (χ3n) is 6.57. The van der Waals surface area contributed by atoms with E-state index in [0.29, 0.717) is 24.5 Å². The monoisotopic (exact) mass is 452 g/mol. The molecule has 5 rings (SSSR count). The third-order valence-corrected chi connectivity index (χ3v) is 7.90. The molecule has 8 heteroatoms. The molecule has 0 aromatic heterocycles. The highest BCUT2D eigenvalue weighted by Gasteiger charge is 2.40. The number of carbonyl (C=O) groups is 1. The van der Waals surface area contributed by atoms with Crippen molar-refractivity contribution < 1.29 is 13.2 Å². The number of sulfonamides is 1. The molecule has 2 fully saturated rings. The van der Waals surface area contributed by atoms with Crippen molar-refractivity contribution in [2.24, 2.45) is 4.40 Å². The molecule has 0 radical (unpaired) electrons. The Labute approximate surface area is 189 Å². The van der Waals surface area contributed by atoms with Gasteiger partial charge in [0.2, 0.25) is 5.91 Å². The molecule has 1 amide bonds. The lowest BCUT2D eigenvalue weighted by molar-refractivity contribution is -0.134. The Hall–Kier alpha value is -2.71. The van der Waals surface area contributed by atoms with Gasteiger partial charge in [-0.2, -0.15) is 8.42 Å². The van der Waals surface area contributed by atoms with Crippen LogP contribution in [0, 0.1) is 0 Å². The van der Waals surface area contributed by atoms with Gasteiger partial charge in [-0.1, -0.05) is 42.5 Å². The van der Waals surface area contributed by atoms with Crippen molar-refractivity contribution in [2.75, 3.05) is 32.7 Å². The van der Waals surface area contributed by atoms with Gasteiger partial charge in [0.05, 0.1) is 0 Å². The van der Waals surface area contributed by atoms with Crippen LogP contribution in [0.4, 0.5) is 0 Å². The molecular formula is C24H28N4O3S. The van der Waals surface area contributed by atoms with Crippen LogP contribution < -0.4 is 0 Å². The van der Waals surface area contributed by atoms with E-state index >= 15 is 0 Å². The molecule has 3 heterocycles. The zero-order chi connectivity index (χ0) is 22.1. The maximum absolute atomic E-state index is 13.5. The van der Waals surface area contributed by atoms with Crippen LogP contribution in [0.5, 0.6) is 0 Å². The molecule has 0 bridgehead atoms. The van der Waals surface area contributed by atoms with Gasteiger partial charge in [-0.05, 0) is 37.0 Å². The van der Waals surface area contributed by atoms with E-state index in [0.717, 1.165) is 45.4 Å². The van der Waals surface area contributed by atoms with Crippen LogP contribution >= 0.6 is 0 Å². The molecule has 0 aliphatic carbocycles. The fourth-order valence-corrected chi connectivity index (χ4v) is 6.19. The van der Waals surface area contributed by atoms with E-state index in [-0.39, 0.29) is 16.8 Å². The van der Waals surface area contributed by atoms with Gasteiger partial charge >= 0.3 is 0 Å². The van der Waals surface area contributed by atoms with Crippen molar-refractivity contribution in [1.29, 1.82) is 0 Å². The maximum atomic E-state index is 13.5. The highest BCUT2D eigenvalue weighted by atomic mass is 32.2. The second-order valence-corrected chi connectivity index (χ2v) is 10.3. The van der Waals surface area contributed by atoms with E-state index < -0.39 is 10.0 Å². The zero-order valence-corrected chi connectivity index (χ0v) is 18.9. The van der Waals surface area contributed by atoms with Gasteiger partial charge in [0.1, 0.15) is 10.9 Å². The van der Waals surface area contributed by atoms with Gasteiger partial charge in [-0.25, -0.2) is 0 Å². The number of hydrogen-bond donors (Lipinski definition) is 0. The minimum absolute atomic E-state index is 0.0912. The van der Waals surface area contributed by atoms with Crippen molar-refractivity contribution >= 4 is 21.8 Å². The summed E-state index contributed by atoms with van der Waals surface area (Å²) in [5, 5.41) is 0. The molecule has 1 atom stereocenters. The van der Waals surface area contributed by atoms with Crippen molar-refractivity contribution in [3.8, 4) is 0 Å². The summed E-state index contributed by atoms with van der Waals surface area (Å²) in [5.74, 6) is 0.519. The Balaban J connectivity index is 1.29. The second-order valence-electron chi connectivity index (χ2n) is 8.68. The van der Waals surface area contributed by atoms with Crippen molar-refractivity contribution in [3.63, 3.8) is 0 Å². The largest absolute Gasteiger partial charge is 0.343 e. The number of benzene rings is 2. The van der Waals surface area contributed by atoms with E-state index in [2.05, 4.69) is 33.6 Å². The van der Waals surface area contributed by atoms with Gasteiger partial charge in [0, 0.05) is 44.8 Å². The first kappa shape index (κ1) is 21.2. The molecule has 3 aliphatic rings. The first-order valence-corrected chi connectivity index (χ1v) is 12.7. The summed E-state index contributed by atoms with van der Waals surface area (Å²) in [6.45, 7) is 4.76. The summed E-state index contributed by atoms with van der Waals surface area (Å²) in [7, 11) is -3.69. The van der Waals surface area contributed by atoms with Gasteiger partial charge in [0.25, 0.3) is 10.0 Å². The van der Waals surface area contributed by atoms with E-state index in [1.54, 1.807) is 18.2 Å². The lowest BCUT2D eigenvalue weighted by Gasteiger charge is -2.30. The van der Waals surface area contributed by atoms with Crippen molar-refractivity contribution in [1.82, 2.24) is 14.7 Å². The Morgan fingerprint density at radius 3 is 2.53 bits per heavy atom. The van der Waals surface area contributed by atoms with E-state index in [4.69, 9.17) is 0 Å². The molecule has 2 saturated heterocycles. The van der Waals surface area contributed by atoms with Crippen LogP contribution in [0.3, 0.4) is 0 Å². The number of amides is 1. The maximum Gasteiger partial charge on any atom is 0.285 e. The number of hydrogen-bond acceptors (Lipinski definition) is 5. The average molecular weight is 453 g/mol. The van der Waals surface area contributed by atoms with Crippen LogP contribution in [0.1, 0.15) is 30.4 Å². The summed E-state index contributed by atoms with van der Waals surface area (Å²) in [6, 6.07) is 17.0. The highest BCUT2D eigenvalue weighted by molar-refractivity contribution is 7.90. The number of nitrogens with zero attached hydrogens (tertiary/aromatic N) is 4. The van der Waals surface area contributed by atoms with Gasteiger partial charge in [-0.15, -0.1) is 4.40 Å². The third kappa shape index (κ3) is 4.04. The standard InChI is InChI=1S/C24H28N4O3S/c29-24(27-14-7-13-26(16-17-27)18-19-8-2-1-3-9-19)21-11-6-15-28(21)23-20-10-4-5-12-22(20)32(30,31)25-23/h1-5,8-10,12,21H,6-7,11,13-18H2/t21-/m0/s1. The molecule has 2 aromatic carbocycles. The highest BCUT2D eigenvalue weighted by Crippen LogP contribution is 2.31. The quantitative estimate of drug-likeness (QED) is 0.715. The minimum Gasteiger partial charge on any atom is -0.343 e. The SMILES string of the molecule is O=C([C@@H]1CCCN1C1=NS(=O)(=O)c2ccccc21)N1CCCN(Cc2ccccc2)CC1. The lowest BCUT2D eigenvalue weighted by Crippen LogP contribution is -2.48. The molecule has 0 unspecified atom stereocenters.